The molecule has 2 heterocycles. The van der Waals surface area contributed by atoms with Gasteiger partial charge in [-0.15, -0.1) is 0 Å². The van der Waals surface area contributed by atoms with Gasteiger partial charge in [-0.2, -0.15) is 0 Å². The topological polar surface area (TPSA) is 21.1 Å². The van der Waals surface area contributed by atoms with Crippen LogP contribution in [-0.4, -0.2) is 22.6 Å². The van der Waals surface area contributed by atoms with E-state index in [1.54, 1.807) is 0 Å². The van der Waals surface area contributed by atoms with Gasteiger partial charge in [-0.1, -0.05) is 32.8 Å². The molecule has 3 heteroatoms. The van der Waals surface area contributed by atoms with Crippen molar-refractivity contribution in [2.45, 2.75) is 39.5 Å². The molecule has 1 aromatic carbocycles. The monoisotopic (exact) mass is 309 g/mol. The smallest absolute Gasteiger partial charge is 0.140 e. The quantitative estimate of drug-likeness (QED) is 0.606. The van der Waals surface area contributed by atoms with Crippen molar-refractivity contribution in [2.75, 3.05) is 18.0 Å². The van der Waals surface area contributed by atoms with Gasteiger partial charge in [0, 0.05) is 43.0 Å². The Morgan fingerprint density at radius 2 is 1.78 bits per heavy atom. The van der Waals surface area contributed by atoms with Crippen molar-refractivity contribution in [3.05, 3.63) is 36.5 Å². The van der Waals surface area contributed by atoms with Gasteiger partial charge in [0.25, 0.3) is 0 Å². The molecule has 0 amide bonds. The molecule has 3 rings (SSSR count). The lowest BCUT2D eigenvalue weighted by molar-refractivity contribution is 0.678. The van der Waals surface area contributed by atoms with Crippen molar-refractivity contribution >= 4 is 16.6 Å². The number of unbranched alkanes of at least 4 members (excludes halogenated alkanes) is 2. The minimum absolute atomic E-state index is 1.06. The third-order valence-corrected chi connectivity index (χ3v) is 4.57. The normalized spacial score (nSPS) is 11.4. The van der Waals surface area contributed by atoms with E-state index in [2.05, 4.69) is 66.9 Å². The first-order valence-electron chi connectivity index (χ1n) is 8.84. The summed E-state index contributed by atoms with van der Waals surface area (Å²) in [6.45, 7) is 6.78. The van der Waals surface area contributed by atoms with Crippen LogP contribution >= 0.6 is 0 Å². The van der Waals surface area contributed by atoms with Crippen LogP contribution in [0.3, 0.4) is 0 Å². The number of hydrogen-bond acceptors (Lipinski definition) is 2. The van der Waals surface area contributed by atoms with Crippen LogP contribution < -0.4 is 4.90 Å². The molecule has 0 aliphatic carbocycles. The summed E-state index contributed by atoms with van der Waals surface area (Å²) in [5.41, 5.74) is 3.66. The van der Waals surface area contributed by atoms with Crippen LogP contribution in [0.2, 0.25) is 0 Å². The summed E-state index contributed by atoms with van der Waals surface area (Å²) in [5.74, 6) is 1.06. The molecule has 122 valence electrons. The maximum absolute atomic E-state index is 4.85. The summed E-state index contributed by atoms with van der Waals surface area (Å²) in [4.78, 5) is 7.37. The summed E-state index contributed by atoms with van der Waals surface area (Å²) >= 11 is 0. The summed E-state index contributed by atoms with van der Waals surface area (Å²) in [6.07, 6.45) is 7.02. The number of hydrogen-bond donors (Lipinski definition) is 0. The van der Waals surface area contributed by atoms with Gasteiger partial charge < -0.3 is 9.47 Å². The van der Waals surface area contributed by atoms with E-state index < -0.39 is 0 Å². The number of pyridine rings is 1. The van der Waals surface area contributed by atoms with Gasteiger partial charge in [-0.3, -0.25) is 0 Å². The third-order valence-electron chi connectivity index (χ3n) is 4.57. The van der Waals surface area contributed by atoms with E-state index in [1.807, 2.05) is 0 Å². The minimum atomic E-state index is 1.06. The molecule has 0 bridgehead atoms. The van der Waals surface area contributed by atoms with E-state index >= 15 is 0 Å². The number of aryl methyl sites for hydroxylation is 1. The predicted molar refractivity (Wildman–Crippen MR) is 99.4 cm³/mol. The summed E-state index contributed by atoms with van der Waals surface area (Å²) in [5, 5.41) is 1.26. The average Bonchev–Trinajstić information content (AvgIpc) is 2.94. The highest BCUT2D eigenvalue weighted by molar-refractivity contribution is 5.97. The van der Waals surface area contributed by atoms with Crippen molar-refractivity contribution in [1.82, 2.24) is 9.55 Å². The second kappa shape index (κ2) is 7.03. The first kappa shape index (κ1) is 15.9. The summed E-state index contributed by atoms with van der Waals surface area (Å²) in [6, 6.07) is 11.0. The fraction of sp³-hybridized carbons (Fsp3) is 0.450. The molecule has 0 unspecified atom stereocenters. The highest BCUT2D eigenvalue weighted by Crippen LogP contribution is 2.32. The number of aromatic nitrogens is 2. The average molecular weight is 309 g/mol. The molecule has 2 aliphatic heterocycles. The van der Waals surface area contributed by atoms with Crippen molar-refractivity contribution in [2.24, 2.45) is 7.05 Å². The van der Waals surface area contributed by atoms with Crippen molar-refractivity contribution in [3.8, 4) is 11.4 Å². The van der Waals surface area contributed by atoms with Gasteiger partial charge >= 0.3 is 0 Å². The van der Waals surface area contributed by atoms with E-state index in [0.717, 1.165) is 24.4 Å². The lowest BCUT2D eigenvalue weighted by Crippen LogP contribution is -2.25. The van der Waals surface area contributed by atoms with Crippen LogP contribution in [0.5, 0.6) is 0 Å². The summed E-state index contributed by atoms with van der Waals surface area (Å²) < 4.78 is 2.10. The molecule has 3 nitrogen and oxygen atoms in total. The Bertz CT molecular complexity index is 736. The van der Waals surface area contributed by atoms with Crippen LogP contribution in [0.25, 0.3) is 22.3 Å². The fourth-order valence-electron chi connectivity index (χ4n) is 3.17. The third kappa shape index (κ3) is 3.19. The SMILES string of the molecule is CCCCN(CCCC)c1ccc2c3cccn(C)c-3nc2c1. The van der Waals surface area contributed by atoms with Crippen LogP contribution in [0, 0.1) is 0 Å². The van der Waals surface area contributed by atoms with Gasteiger partial charge in [-0.25, -0.2) is 4.98 Å². The first-order chi connectivity index (χ1) is 11.2. The van der Waals surface area contributed by atoms with Crippen molar-refractivity contribution in [1.29, 1.82) is 0 Å². The van der Waals surface area contributed by atoms with Crippen molar-refractivity contribution in [3.63, 3.8) is 0 Å². The molecule has 0 N–H and O–H groups in total. The molecule has 0 saturated carbocycles. The molecule has 0 fully saturated rings. The predicted octanol–water partition coefficient (Wildman–Crippen LogP) is 5.08. The molecular weight excluding hydrogens is 282 g/mol. The highest BCUT2D eigenvalue weighted by Gasteiger charge is 2.15. The molecule has 0 radical (unpaired) electrons. The van der Waals surface area contributed by atoms with Crippen LogP contribution in [-0.2, 0) is 7.05 Å². The lowest BCUT2D eigenvalue weighted by Gasteiger charge is -2.24. The zero-order valence-electron chi connectivity index (χ0n) is 14.5. The second-order valence-corrected chi connectivity index (χ2v) is 6.36. The molecular formula is C20H27N3. The van der Waals surface area contributed by atoms with Gasteiger partial charge in [0.2, 0.25) is 0 Å². The van der Waals surface area contributed by atoms with E-state index in [-0.39, 0.29) is 0 Å². The summed E-state index contributed by atoms with van der Waals surface area (Å²) in [7, 11) is 2.06. The van der Waals surface area contributed by atoms with E-state index in [1.165, 1.54) is 42.3 Å². The van der Waals surface area contributed by atoms with Crippen LogP contribution in [0.15, 0.2) is 36.5 Å². The Labute approximate surface area is 139 Å². The second-order valence-electron chi connectivity index (χ2n) is 6.36. The molecule has 0 saturated heterocycles. The molecule has 0 spiro atoms. The number of nitrogens with zero attached hydrogens (tertiary/aromatic N) is 3. The molecule has 0 atom stereocenters. The Morgan fingerprint density at radius 1 is 1.04 bits per heavy atom. The zero-order chi connectivity index (χ0) is 16.2. The van der Waals surface area contributed by atoms with Crippen molar-refractivity contribution < 1.29 is 0 Å². The van der Waals surface area contributed by atoms with Crippen LogP contribution in [0.1, 0.15) is 39.5 Å². The Kier molecular flexibility index (Phi) is 4.85. The number of anilines is 1. The number of fused-ring (bicyclic) bond motifs is 3. The Balaban J connectivity index is 1.98. The number of benzene rings is 1. The van der Waals surface area contributed by atoms with Gasteiger partial charge in [-0.05, 0) is 37.1 Å². The zero-order valence-corrected chi connectivity index (χ0v) is 14.5. The lowest BCUT2D eigenvalue weighted by atomic mass is 10.1. The van der Waals surface area contributed by atoms with Gasteiger partial charge in [0.05, 0.1) is 5.52 Å². The van der Waals surface area contributed by atoms with Gasteiger partial charge in [0.1, 0.15) is 5.82 Å². The first-order valence-corrected chi connectivity index (χ1v) is 8.84. The fourth-order valence-corrected chi connectivity index (χ4v) is 3.17. The van der Waals surface area contributed by atoms with Crippen LogP contribution in [0.4, 0.5) is 5.69 Å². The maximum atomic E-state index is 4.85. The van der Waals surface area contributed by atoms with E-state index in [4.69, 9.17) is 4.98 Å². The maximum Gasteiger partial charge on any atom is 0.140 e. The number of rotatable bonds is 7. The Morgan fingerprint density at radius 3 is 2.48 bits per heavy atom. The largest absolute Gasteiger partial charge is 0.371 e. The van der Waals surface area contributed by atoms with Gasteiger partial charge in [0.15, 0.2) is 0 Å². The molecule has 23 heavy (non-hydrogen) atoms. The molecule has 0 aromatic heterocycles. The standard InChI is InChI=1S/C20H27N3/c1-4-6-13-23(14-7-5-2)16-10-11-17-18-9-8-12-22(3)20(18)21-19(17)15-16/h8-12,15H,4-7,13-14H2,1-3H3. The molecule has 1 aromatic rings. The minimum Gasteiger partial charge on any atom is -0.371 e. The Hall–Kier alpha value is -2.03. The molecule has 2 aliphatic rings. The highest BCUT2D eigenvalue weighted by atomic mass is 15.1. The van der Waals surface area contributed by atoms with E-state index in [0.29, 0.717) is 0 Å². The van der Waals surface area contributed by atoms with E-state index in [9.17, 15) is 0 Å².